The number of rotatable bonds is 4. The fourth-order valence-electron chi connectivity index (χ4n) is 2.77. The molecule has 3 nitrogen and oxygen atoms in total. The second-order valence-corrected chi connectivity index (χ2v) is 5.49. The van der Waals surface area contributed by atoms with Gasteiger partial charge in [-0.1, -0.05) is 49.4 Å². The van der Waals surface area contributed by atoms with Gasteiger partial charge in [-0.25, -0.2) is 0 Å². The van der Waals surface area contributed by atoms with Crippen LogP contribution in [0.1, 0.15) is 29.8 Å². The van der Waals surface area contributed by atoms with Gasteiger partial charge in [0, 0.05) is 24.9 Å². The summed E-state index contributed by atoms with van der Waals surface area (Å²) in [6.07, 6.45) is 1.81. The molecule has 2 N–H and O–H groups in total. The summed E-state index contributed by atoms with van der Waals surface area (Å²) in [5, 5.41) is 5.82. The molecule has 1 heterocycles. The molecule has 0 saturated carbocycles. The number of fused-ring (bicyclic) bond motifs is 1. The van der Waals surface area contributed by atoms with Gasteiger partial charge in [0.15, 0.2) is 0 Å². The number of hydrogen-bond acceptors (Lipinski definition) is 2. The maximum absolute atomic E-state index is 6.37. The minimum atomic E-state index is -0.0192. The smallest absolute Gasteiger partial charge is 0.0722 e. The lowest BCUT2D eigenvalue weighted by Gasteiger charge is -2.11. The normalized spacial score (nSPS) is 12.7. The number of benzene rings is 2. The van der Waals surface area contributed by atoms with Crippen LogP contribution in [0.5, 0.6) is 0 Å². The number of aromatic nitrogens is 2. The maximum Gasteiger partial charge on any atom is 0.0722 e. The Labute approximate surface area is 125 Å². The molecule has 3 aromatic rings. The van der Waals surface area contributed by atoms with Gasteiger partial charge in [0.1, 0.15) is 0 Å². The molecule has 0 fully saturated rings. The van der Waals surface area contributed by atoms with Crippen molar-refractivity contribution in [2.45, 2.75) is 25.8 Å². The van der Waals surface area contributed by atoms with Crippen molar-refractivity contribution in [2.75, 3.05) is 0 Å². The van der Waals surface area contributed by atoms with Crippen molar-refractivity contribution in [3.63, 3.8) is 0 Å². The van der Waals surface area contributed by atoms with Crippen molar-refractivity contribution in [2.24, 2.45) is 12.8 Å². The van der Waals surface area contributed by atoms with Crippen molar-refractivity contribution in [1.82, 2.24) is 9.78 Å². The summed E-state index contributed by atoms with van der Waals surface area (Å²) in [7, 11) is 1.98. The highest BCUT2D eigenvalue weighted by Gasteiger charge is 2.13. The van der Waals surface area contributed by atoms with Crippen LogP contribution in [-0.4, -0.2) is 9.78 Å². The Balaban J connectivity index is 1.87. The zero-order chi connectivity index (χ0) is 14.8. The van der Waals surface area contributed by atoms with E-state index in [4.69, 9.17) is 5.73 Å². The lowest BCUT2D eigenvalue weighted by Crippen LogP contribution is -2.14. The molecule has 0 aliphatic carbocycles. The summed E-state index contributed by atoms with van der Waals surface area (Å²) >= 11 is 0. The SMILES string of the molecule is CCc1ccc(C(N)Cc2nn(C)c3ccccc23)cc1. The van der Waals surface area contributed by atoms with E-state index >= 15 is 0 Å². The molecule has 2 aromatic carbocycles. The average molecular weight is 279 g/mol. The number of para-hydroxylation sites is 1. The first kappa shape index (κ1) is 13.8. The van der Waals surface area contributed by atoms with E-state index in [1.807, 2.05) is 17.8 Å². The first-order valence-electron chi connectivity index (χ1n) is 7.44. The third kappa shape index (κ3) is 2.69. The number of nitrogens with two attached hydrogens (primary N) is 1. The summed E-state index contributed by atoms with van der Waals surface area (Å²) < 4.78 is 1.93. The summed E-state index contributed by atoms with van der Waals surface area (Å²) in [4.78, 5) is 0. The molecular formula is C18H21N3. The first-order valence-corrected chi connectivity index (χ1v) is 7.44. The topological polar surface area (TPSA) is 43.8 Å². The molecule has 0 bridgehead atoms. The molecule has 3 rings (SSSR count). The Kier molecular flexibility index (Phi) is 3.76. The van der Waals surface area contributed by atoms with Crippen molar-refractivity contribution >= 4 is 10.9 Å². The van der Waals surface area contributed by atoms with Crippen LogP contribution in [0.3, 0.4) is 0 Å². The second kappa shape index (κ2) is 5.70. The largest absolute Gasteiger partial charge is 0.324 e. The van der Waals surface area contributed by atoms with Gasteiger partial charge in [-0.3, -0.25) is 4.68 Å². The Morgan fingerprint density at radius 3 is 2.52 bits per heavy atom. The summed E-state index contributed by atoms with van der Waals surface area (Å²) in [6.45, 7) is 2.16. The van der Waals surface area contributed by atoms with E-state index in [9.17, 15) is 0 Å². The predicted molar refractivity (Wildman–Crippen MR) is 87.2 cm³/mol. The van der Waals surface area contributed by atoms with Crippen LogP contribution in [0.4, 0.5) is 0 Å². The molecule has 1 aromatic heterocycles. The van der Waals surface area contributed by atoms with Gasteiger partial charge in [0.25, 0.3) is 0 Å². The molecule has 0 aliphatic heterocycles. The Morgan fingerprint density at radius 1 is 1.10 bits per heavy atom. The second-order valence-electron chi connectivity index (χ2n) is 5.49. The van der Waals surface area contributed by atoms with E-state index in [1.54, 1.807) is 0 Å². The molecule has 21 heavy (non-hydrogen) atoms. The highest BCUT2D eigenvalue weighted by atomic mass is 15.3. The van der Waals surface area contributed by atoms with Gasteiger partial charge in [-0.15, -0.1) is 0 Å². The summed E-state index contributed by atoms with van der Waals surface area (Å²) in [5.41, 5.74) is 11.1. The number of aryl methyl sites for hydroxylation is 2. The Hall–Kier alpha value is -2.13. The number of nitrogens with zero attached hydrogens (tertiary/aromatic N) is 2. The molecule has 0 aliphatic rings. The number of hydrogen-bond donors (Lipinski definition) is 1. The van der Waals surface area contributed by atoms with Gasteiger partial charge in [0.2, 0.25) is 0 Å². The fourth-order valence-corrected chi connectivity index (χ4v) is 2.77. The van der Waals surface area contributed by atoms with E-state index in [2.05, 4.69) is 54.5 Å². The average Bonchev–Trinajstić information content (AvgIpc) is 2.84. The van der Waals surface area contributed by atoms with E-state index < -0.39 is 0 Å². The van der Waals surface area contributed by atoms with Crippen molar-refractivity contribution < 1.29 is 0 Å². The summed E-state index contributed by atoms with van der Waals surface area (Å²) in [5.74, 6) is 0. The molecule has 0 radical (unpaired) electrons. The Morgan fingerprint density at radius 2 is 1.81 bits per heavy atom. The zero-order valence-corrected chi connectivity index (χ0v) is 12.6. The van der Waals surface area contributed by atoms with E-state index in [0.717, 1.165) is 24.1 Å². The Bertz CT molecular complexity index is 741. The van der Waals surface area contributed by atoms with Crippen LogP contribution in [0, 0.1) is 0 Å². The van der Waals surface area contributed by atoms with E-state index in [1.165, 1.54) is 16.5 Å². The van der Waals surface area contributed by atoms with Crippen LogP contribution in [0.15, 0.2) is 48.5 Å². The van der Waals surface area contributed by atoms with Crippen molar-refractivity contribution in [1.29, 1.82) is 0 Å². The molecule has 1 atom stereocenters. The minimum Gasteiger partial charge on any atom is -0.324 e. The highest BCUT2D eigenvalue weighted by molar-refractivity contribution is 5.81. The van der Waals surface area contributed by atoms with Crippen molar-refractivity contribution in [3.05, 3.63) is 65.4 Å². The van der Waals surface area contributed by atoms with Crippen LogP contribution in [-0.2, 0) is 19.9 Å². The highest BCUT2D eigenvalue weighted by Crippen LogP contribution is 2.22. The molecular weight excluding hydrogens is 258 g/mol. The molecule has 0 amide bonds. The van der Waals surface area contributed by atoms with Crippen LogP contribution in [0.2, 0.25) is 0 Å². The van der Waals surface area contributed by atoms with E-state index in [-0.39, 0.29) is 6.04 Å². The standard InChI is InChI=1S/C18H21N3/c1-3-13-8-10-14(11-9-13)16(19)12-17-15-6-4-5-7-18(15)21(2)20-17/h4-11,16H,3,12,19H2,1-2H3. The third-order valence-corrected chi connectivity index (χ3v) is 4.06. The monoisotopic (exact) mass is 279 g/mol. The fraction of sp³-hybridized carbons (Fsp3) is 0.278. The predicted octanol–water partition coefficient (Wildman–Crippen LogP) is 3.38. The van der Waals surface area contributed by atoms with Crippen molar-refractivity contribution in [3.8, 4) is 0 Å². The quantitative estimate of drug-likeness (QED) is 0.795. The molecule has 108 valence electrons. The zero-order valence-electron chi connectivity index (χ0n) is 12.6. The minimum absolute atomic E-state index is 0.0192. The van der Waals surface area contributed by atoms with Crippen LogP contribution < -0.4 is 5.73 Å². The van der Waals surface area contributed by atoms with Gasteiger partial charge >= 0.3 is 0 Å². The lowest BCUT2D eigenvalue weighted by molar-refractivity contribution is 0.682. The van der Waals surface area contributed by atoms with Crippen LogP contribution in [0.25, 0.3) is 10.9 Å². The third-order valence-electron chi connectivity index (χ3n) is 4.06. The molecule has 1 unspecified atom stereocenters. The molecule has 3 heteroatoms. The first-order chi connectivity index (χ1) is 10.2. The molecule has 0 saturated heterocycles. The summed E-state index contributed by atoms with van der Waals surface area (Å²) in [6, 6.07) is 16.9. The van der Waals surface area contributed by atoms with Gasteiger partial charge in [-0.2, -0.15) is 5.10 Å². The van der Waals surface area contributed by atoms with Crippen LogP contribution >= 0.6 is 0 Å². The maximum atomic E-state index is 6.37. The van der Waals surface area contributed by atoms with Gasteiger partial charge in [-0.05, 0) is 23.6 Å². The van der Waals surface area contributed by atoms with Gasteiger partial charge < -0.3 is 5.73 Å². The molecule has 0 spiro atoms. The van der Waals surface area contributed by atoms with E-state index in [0.29, 0.717) is 0 Å². The lowest BCUT2D eigenvalue weighted by atomic mass is 9.99. The van der Waals surface area contributed by atoms with Gasteiger partial charge in [0.05, 0.1) is 11.2 Å².